The molecule has 0 fully saturated rings. The number of carbonyl (C=O) groups excluding carboxylic acids is 2. The summed E-state index contributed by atoms with van der Waals surface area (Å²) in [4.78, 5) is 28.7. The van der Waals surface area contributed by atoms with E-state index in [9.17, 15) is 9.59 Å². The van der Waals surface area contributed by atoms with Gasteiger partial charge in [0.05, 0.1) is 24.5 Å². The van der Waals surface area contributed by atoms with Crippen molar-refractivity contribution >= 4 is 40.2 Å². The Balaban J connectivity index is 1.24. The Hall–Kier alpha value is -5.50. The number of aromatic nitrogens is 1. The second kappa shape index (κ2) is 13.2. The zero-order valence-corrected chi connectivity index (χ0v) is 23.2. The average molecular weight is 561 g/mol. The number of ether oxygens (including phenoxy) is 2. The van der Waals surface area contributed by atoms with Crippen LogP contribution in [0.4, 0.5) is 11.4 Å². The first-order chi connectivity index (χ1) is 20.5. The highest BCUT2D eigenvalue weighted by Crippen LogP contribution is 2.21. The summed E-state index contributed by atoms with van der Waals surface area (Å²) in [5.74, 6) is 0.865. The summed E-state index contributed by atoms with van der Waals surface area (Å²) in [7, 11) is 1.59. The number of fused-ring (bicyclic) bond motifs is 1. The molecule has 0 saturated heterocycles. The van der Waals surface area contributed by atoms with Gasteiger partial charge in [-0.1, -0.05) is 42.5 Å². The predicted molar refractivity (Wildman–Crippen MR) is 167 cm³/mol. The molecule has 0 aliphatic rings. The van der Waals surface area contributed by atoms with Crippen LogP contribution in [-0.4, -0.2) is 36.6 Å². The number of carbonyl (C=O) groups is 2. The van der Waals surface area contributed by atoms with Crippen LogP contribution >= 0.6 is 0 Å². The fraction of sp³-hybridized carbons (Fsp3) is 0.118. The molecule has 5 rings (SSSR count). The molecular weight excluding hydrogens is 528 g/mol. The molecule has 1 aromatic heterocycles. The lowest BCUT2D eigenvalue weighted by Crippen LogP contribution is -2.40. The summed E-state index contributed by atoms with van der Waals surface area (Å²) in [6.07, 6.45) is 5.72. The van der Waals surface area contributed by atoms with Gasteiger partial charge in [0.25, 0.3) is 5.91 Å². The van der Waals surface area contributed by atoms with Gasteiger partial charge in [0.1, 0.15) is 18.1 Å². The van der Waals surface area contributed by atoms with Crippen LogP contribution in [0.3, 0.4) is 0 Å². The number of nitrogens with one attached hydrogen (secondary N) is 3. The summed E-state index contributed by atoms with van der Waals surface area (Å²) in [6.45, 7) is 0.261. The van der Waals surface area contributed by atoms with Gasteiger partial charge < -0.3 is 30.8 Å². The lowest BCUT2D eigenvalue weighted by molar-refractivity contribution is -0.111. The largest absolute Gasteiger partial charge is 0.497 e. The van der Waals surface area contributed by atoms with Crippen molar-refractivity contribution in [3.8, 4) is 11.5 Å². The van der Waals surface area contributed by atoms with Gasteiger partial charge in [-0.15, -0.1) is 0 Å². The first-order valence-corrected chi connectivity index (χ1v) is 13.5. The van der Waals surface area contributed by atoms with Crippen LogP contribution in [0.2, 0.25) is 0 Å². The van der Waals surface area contributed by atoms with E-state index in [1.165, 1.54) is 6.08 Å². The molecule has 212 valence electrons. The number of hydrogen-bond donors (Lipinski definition) is 4. The molecule has 1 atom stereocenters. The number of rotatable bonds is 11. The van der Waals surface area contributed by atoms with E-state index in [1.54, 1.807) is 49.6 Å². The number of anilines is 2. The summed E-state index contributed by atoms with van der Waals surface area (Å²) >= 11 is 0. The highest BCUT2D eigenvalue weighted by molar-refractivity contribution is 6.03. The van der Waals surface area contributed by atoms with Crippen molar-refractivity contribution in [2.24, 2.45) is 0 Å². The number of nitrogen functional groups attached to an aromatic ring is 1. The number of aromatic amines is 1. The summed E-state index contributed by atoms with van der Waals surface area (Å²) in [6, 6.07) is 29.3. The molecule has 0 radical (unpaired) electrons. The molecule has 4 aromatic carbocycles. The Morgan fingerprint density at radius 1 is 0.905 bits per heavy atom. The molecule has 42 heavy (non-hydrogen) atoms. The molecule has 8 heteroatoms. The number of H-pyrrole nitrogens is 1. The molecule has 0 aliphatic carbocycles. The number of methoxy groups -OCH3 is 1. The highest BCUT2D eigenvalue weighted by Gasteiger charge is 2.18. The maximum absolute atomic E-state index is 13.1. The van der Waals surface area contributed by atoms with Crippen LogP contribution in [-0.2, 0) is 11.2 Å². The quantitative estimate of drug-likeness (QED) is 0.120. The highest BCUT2D eigenvalue weighted by atomic mass is 16.5. The minimum Gasteiger partial charge on any atom is -0.497 e. The zero-order chi connectivity index (χ0) is 29.3. The second-order valence-corrected chi connectivity index (χ2v) is 9.75. The van der Waals surface area contributed by atoms with Crippen LogP contribution in [0, 0.1) is 0 Å². The lowest BCUT2D eigenvalue weighted by Gasteiger charge is -2.20. The van der Waals surface area contributed by atoms with Crippen molar-refractivity contribution in [1.29, 1.82) is 0 Å². The van der Waals surface area contributed by atoms with Gasteiger partial charge in [-0.3, -0.25) is 9.59 Å². The standard InChI is InChI=1S/C34H32N4O4/c1-41-27-17-13-24(14-18-27)34(40)37-26(20-25-21-36-31-8-4-2-6-29(25)31)22-42-28-15-10-23(11-16-28)12-19-33(39)38-32-9-5-3-7-30(32)35/h2-19,21,26,36H,20,22,35H2,1H3,(H,37,40)(H,38,39)/b19-12+/t26-/m0/s1. The maximum atomic E-state index is 13.1. The van der Waals surface area contributed by atoms with Crippen LogP contribution in [0.5, 0.6) is 11.5 Å². The monoisotopic (exact) mass is 560 g/mol. The number of nitrogens with two attached hydrogens (primary N) is 1. The lowest BCUT2D eigenvalue weighted by atomic mass is 10.0. The van der Waals surface area contributed by atoms with Gasteiger partial charge in [0.2, 0.25) is 5.91 Å². The Morgan fingerprint density at radius 3 is 2.38 bits per heavy atom. The topological polar surface area (TPSA) is 118 Å². The second-order valence-electron chi connectivity index (χ2n) is 9.75. The van der Waals surface area contributed by atoms with Crippen LogP contribution in [0.25, 0.3) is 17.0 Å². The molecule has 0 saturated carbocycles. The van der Waals surface area contributed by atoms with Gasteiger partial charge in [-0.2, -0.15) is 0 Å². The van der Waals surface area contributed by atoms with Gasteiger partial charge in [0.15, 0.2) is 0 Å². The number of para-hydroxylation sites is 3. The van der Waals surface area contributed by atoms with Gasteiger partial charge in [-0.05, 0) is 78.2 Å². The molecule has 2 amide bonds. The molecule has 0 bridgehead atoms. The molecule has 8 nitrogen and oxygen atoms in total. The van der Waals surface area contributed by atoms with Crippen molar-refractivity contribution in [1.82, 2.24) is 10.3 Å². The number of amides is 2. The van der Waals surface area contributed by atoms with Gasteiger partial charge in [0, 0.05) is 28.7 Å². The normalized spacial score (nSPS) is 11.7. The van der Waals surface area contributed by atoms with E-state index in [0.717, 1.165) is 22.0 Å². The number of hydrogen-bond acceptors (Lipinski definition) is 5. The Bertz CT molecular complexity index is 1690. The fourth-order valence-electron chi connectivity index (χ4n) is 4.56. The minimum atomic E-state index is -0.299. The van der Waals surface area contributed by atoms with Crippen LogP contribution in [0.15, 0.2) is 109 Å². The average Bonchev–Trinajstić information content (AvgIpc) is 3.43. The fourth-order valence-corrected chi connectivity index (χ4v) is 4.56. The van der Waals surface area contributed by atoms with E-state index in [2.05, 4.69) is 21.7 Å². The van der Waals surface area contributed by atoms with Crippen molar-refractivity contribution in [3.05, 3.63) is 126 Å². The van der Waals surface area contributed by atoms with Crippen molar-refractivity contribution in [3.63, 3.8) is 0 Å². The SMILES string of the molecule is COc1ccc(C(=O)N[C@H](COc2ccc(/C=C/C(=O)Nc3ccccc3N)cc2)Cc2c[nH]c3ccccc23)cc1. The van der Waals surface area contributed by atoms with E-state index >= 15 is 0 Å². The molecule has 5 N–H and O–H groups in total. The molecule has 5 aromatic rings. The molecule has 0 unspecified atom stereocenters. The Labute approximate surface area is 244 Å². The zero-order valence-electron chi connectivity index (χ0n) is 23.2. The van der Waals surface area contributed by atoms with E-state index in [-0.39, 0.29) is 24.5 Å². The Kier molecular flexibility index (Phi) is 8.84. The van der Waals surface area contributed by atoms with Crippen molar-refractivity contribution < 1.29 is 19.1 Å². The Morgan fingerprint density at radius 2 is 1.62 bits per heavy atom. The first-order valence-electron chi connectivity index (χ1n) is 13.5. The third-order valence-electron chi connectivity index (χ3n) is 6.81. The van der Waals surface area contributed by atoms with Crippen molar-refractivity contribution in [2.75, 3.05) is 24.8 Å². The molecule has 0 aliphatic heterocycles. The minimum absolute atomic E-state index is 0.192. The third-order valence-corrected chi connectivity index (χ3v) is 6.81. The first kappa shape index (κ1) is 28.0. The third kappa shape index (κ3) is 7.17. The van der Waals surface area contributed by atoms with E-state index < -0.39 is 0 Å². The molecule has 0 spiro atoms. The molecule has 1 heterocycles. The smallest absolute Gasteiger partial charge is 0.251 e. The summed E-state index contributed by atoms with van der Waals surface area (Å²) in [5.41, 5.74) is 10.5. The summed E-state index contributed by atoms with van der Waals surface area (Å²) < 4.78 is 11.3. The van der Waals surface area contributed by atoms with Crippen LogP contribution in [0.1, 0.15) is 21.5 Å². The van der Waals surface area contributed by atoms with Crippen molar-refractivity contribution in [2.45, 2.75) is 12.5 Å². The van der Waals surface area contributed by atoms with E-state index in [1.807, 2.05) is 60.8 Å². The predicted octanol–water partition coefficient (Wildman–Crippen LogP) is 5.83. The van der Waals surface area contributed by atoms with Gasteiger partial charge >= 0.3 is 0 Å². The molecular formula is C34H32N4O4. The van der Waals surface area contributed by atoms with Crippen LogP contribution < -0.4 is 25.8 Å². The van der Waals surface area contributed by atoms with E-state index in [4.69, 9.17) is 15.2 Å². The van der Waals surface area contributed by atoms with Gasteiger partial charge in [-0.25, -0.2) is 0 Å². The number of benzene rings is 4. The van der Waals surface area contributed by atoms with E-state index in [0.29, 0.717) is 34.9 Å². The summed E-state index contributed by atoms with van der Waals surface area (Å²) in [5, 5.41) is 7.00. The maximum Gasteiger partial charge on any atom is 0.251 e.